The standard InChI is InChI=1S/C11H12BrN5/c12-10-1-8(3-14-6-10)2-11(17-13)9-4-15-7-16-5-9/h1,3-7,11,17H,2,13H2. The van der Waals surface area contributed by atoms with Crippen LogP contribution in [0.25, 0.3) is 0 Å². The zero-order valence-corrected chi connectivity index (χ0v) is 10.6. The first-order valence-corrected chi connectivity index (χ1v) is 5.89. The molecular weight excluding hydrogens is 282 g/mol. The topological polar surface area (TPSA) is 76.7 Å². The number of pyridine rings is 1. The number of hydrogen-bond acceptors (Lipinski definition) is 5. The summed E-state index contributed by atoms with van der Waals surface area (Å²) < 4.78 is 0.954. The fourth-order valence-corrected chi connectivity index (χ4v) is 1.98. The van der Waals surface area contributed by atoms with Crippen LogP contribution in [0.1, 0.15) is 17.2 Å². The monoisotopic (exact) mass is 293 g/mol. The van der Waals surface area contributed by atoms with E-state index in [1.165, 1.54) is 6.33 Å². The Kier molecular flexibility index (Phi) is 4.13. The van der Waals surface area contributed by atoms with E-state index in [2.05, 4.69) is 36.3 Å². The zero-order chi connectivity index (χ0) is 12.1. The second kappa shape index (κ2) is 5.81. The number of nitrogens with two attached hydrogens (primary N) is 1. The molecule has 2 aromatic heterocycles. The van der Waals surface area contributed by atoms with Gasteiger partial charge < -0.3 is 0 Å². The van der Waals surface area contributed by atoms with Gasteiger partial charge in [0.2, 0.25) is 0 Å². The van der Waals surface area contributed by atoms with Crippen LogP contribution in [0.5, 0.6) is 0 Å². The van der Waals surface area contributed by atoms with E-state index < -0.39 is 0 Å². The van der Waals surface area contributed by atoms with Crippen LogP contribution in [0, 0.1) is 0 Å². The molecule has 0 aliphatic heterocycles. The number of nitrogens with one attached hydrogen (secondary N) is 1. The average Bonchev–Trinajstić information content (AvgIpc) is 2.37. The van der Waals surface area contributed by atoms with Gasteiger partial charge in [-0.15, -0.1) is 0 Å². The summed E-state index contributed by atoms with van der Waals surface area (Å²) in [7, 11) is 0. The van der Waals surface area contributed by atoms with Crippen LogP contribution in [0.4, 0.5) is 0 Å². The molecule has 0 aliphatic carbocycles. The van der Waals surface area contributed by atoms with Gasteiger partial charge >= 0.3 is 0 Å². The minimum absolute atomic E-state index is 0.0210. The van der Waals surface area contributed by atoms with Gasteiger partial charge in [-0.25, -0.2) is 9.97 Å². The Morgan fingerprint density at radius 1 is 1.18 bits per heavy atom. The van der Waals surface area contributed by atoms with Gasteiger partial charge in [0.25, 0.3) is 0 Å². The predicted octanol–water partition coefficient (Wildman–Crippen LogP) is 1.38. The fourth-order valence-electron chi connectivity index (χ4n) is 1.57. The van der Waals surface area contributed by atoms with Crippen LogP contribution in [0.3, 0.4) is 0 Å². The van der Waals surface area contributed by atoms with E-state index in [0.717, 1.165) is 22.0 Å². The molecule has 1 unspecified atom stereocenters. The molecule has 0 fully saturated rings. The number of hydrazine groups is 1. The normalized spacial score (nSPS) is 12.4. The number of aromatic nitrogens is 3. The van der Waals surface area contributed by atoms with Gasteiger partial charge in [0.05, 0.1) is 6.04 Å². The van der Waals surface area contributed by atoms with E-state index in [-0.39, 0.29) is 6.04 Å². The molecule has 0 amide bonds. The van der Waals surface area contributed by atoms with Gasteiger partial charge in [-0.3, -0.25) is 16.3 Å². The second-order valence-corrected chi connectivity index (χ2v) is 4.52. The van der Waals surface area contributed by atoms with E-state index in [1.54, 1.807) is 18.6 Å². The molecule has 0 bridgehead atoms. The minimum atomic E-state index is -0.0210. The van der Waals surface area contributed by atoms with E-state index in [9.17, 15) is 0 Å². The van der Waals surface area contributed by atoms with Crippen LogP contribution in [-0.4, -0.2) is 15.0 Å². The van der Waals surface area contributed by atoms with Crippen LogP contribution >= 0.6 is 15.9 Å². The lowest BCUT2D eigenvalue weighted by Gasteiger charge is -2.15. The zero-order valence-electron chi connectivity index (χ0n) is 9.05. The molecule has 6 heteroatoms. The van der Waals surface area contributed by atoms with E-state index in [4.69, 9.17) is 5.84 Å². The van der Waals surface area contributed by atoms with E-state index in [0.29, 0.717) is 0 Å². The Morgan fingerprint density at radius 2 is 1.94 bits per heavy atom. The van der Waals surface area contributed by atoms with Crippen LogP contribution in [0.15, 0.2) is 41.7 Å². The summed E-state index contributed by atoms with van der Waals surface area (Å²) in [6.45, 7) is 0. The van der Waals surface area contributed by atoms with Crippen molar-refractivity contribution < 1.29 is 0 Å². The van der Waals surface area contributed by atoms with Crippen molar-refractivity contribution in [2.75, 3.05) is 0 Å². The van der Waals surface area contributed by atoms with Crippen molar-refractivity contribution in [3.8, 4) is 0 Å². The smallest absolute Gasteiger partial charge is 0.115 e. The van der Waals surface area contributed by atoms with E-state index >= 15 is 0 Å². The van der Waals surface area contributed by atoms with Crippen LogP contribution in [-0.2, 0) is 6.42 Å². The van der Waals surface area contributed by atoms with Gasteiger partial charge in [-0.2, -0.15) is 0 Å². The summed E-state index contributed by atoms with van der Waals surface area (Å²) >= 11 is 3.39. The van der Waals surface area contributed by atoms with Crippen molar-refractivity contribution in [3.63, 3.8) is 0 Å². The number of nitrogens with zero attached hydrogens (tertiary/aromatic N) is 3. The fraction of sp³-hybridized carbons (Fsp3) is 0.182. The molecule has 17 heavy (non-hydrogen) atoms. The third-order valence-corrected chi connectivity index (χ3v) is 2.82. The highest BCUT2D eigenvalue weighted by Gasteiger charge is 2.11. The maximum Gasteiger partial charge on any atom is 0.115 e. The average molecular weight is 294 g/mol. The molecule has 1 atom stereocenters. The molecule has 3 N–H and O–H groups in total. The Hall–Kier alpha value is -1.37. The van der Waals surface area contributed by atoms with Crippen molar-refractivity contribution in [1.82, 2.24) is 20.4 Å². The van der Waals surface area contributed by atoms with Crippen molar-refractivity contribution in [2.24, 2.45) is 5.84 Å². The Labute approximate surface area is 108 Å². The summed E-state index contributed by atoms with van der Waals surface area (Å²) in [4.78, 5) is 12.1. The lowest BCUT2D eigenvalue weighted by molar-refractivity contribution is 0.547. The minimum Gasteiger partial charge on any atom is -0.271 e. The molecule has 2 aromatic rings. The molecule has 0 radical (unpaired) electrons. The van der Waals surface area contributed by atoms with Crippen molar-refractivity contribution >= 4 is 15.9 Å². The van der Waals surface area contributed by atoms with Gasteiger partial charge in [0.15, 0.2) is 0 Å². The first-order chi connectivity index (χ1) is 8.29. The van der Waals surface area contributed by atoms with Crippen molar-refractivity contribution in [3.05, 3.63) is 52.8 Å². The third-order valence-electron chi connectivity index (χ3n) is 2.39. The van der Waals surface area contributed by atoms with Crippen molar-refractivity contribution in [2.45, 2.75) is 12.5 Å². The first-order valence-electron chi connectivity index (χ1n) is 5.10. The van der Waals surface area contributed by atoms with Crippen LogP contribution < -0.4 is 11.3 Å². The van der Waals surface area contributed by atoms with Gasteiger partial charge in [0, 0.05) is 34.8 Å². The highest BCUT2D eigenvalue weighted by molar-refractivity contribution is 9.10. The Bertz CT molecular complexity index is 476. The van der Waals surface area contributed by atoms with Gasteiger partial charge in [-0.1, -0.05) is 0 Å². The molecule has 0 aliphatic rings. The molecule has 0 saturated heterocycles. The lowest BCUT2D eigenvalue weighted by Crippen LogP contribution is -2.29. The predicted molar refractivity (Wildman–Crippen MR) is 67.7 cm³/mol. The summed E-state index contributed by atoms with van der Waals surface area (Å²) in [6, 6.07) is 1.99. The molecule has 88 valence electrons. The molecule has 0 aromatic carbocycles. The van der Waals surface area contributed by atoms with Gasteiger partial charge in [-0.05, 0) is 34.0 Å². The molecular formula is C11H12BrN5. The highest BCUT2D eigenvalue weighted by Crippen LogP contribution is 2.17. The molecule has 0 spiro atoms. The Balaban J connectivity index is 2.16. The van der Waals surface area contributed by atoms with Crippen LogP contribution in [0.2, 0.25) is 0 Å². The summed E-state index contributed by atoms with van der Waals surface area (Å²) in [5.74, 6) is 5.55. The maximum absolute atomic E-state index is 5.55. The molecule has 2 heterocycles. The first kappa shape index (κ1) is 12.1. The molecule has 2 rings (SSSR count). The largest absolute Gasteiger partial charge is 0.271 e. The maximum atomic E-state index is 5.55. The summed E-state index contributed by atoms with van der Waals surface area (Å²) in [5.41, 5.74) is 4.81. The lowest BCUT2D eigenvalue weighted by atomic mass is 10.0. The van der Waals surface area contributed by atoms with E-state index in [1.807, 2.05) is 12.3 Å². The highest BCUT2D eigenvalue weighted by atomic mass is 79.9. The molecule has 5 nitrogen and oxygen atoms in total. The second-order valence-electron chi connectivity index (χ2n) is 3.61. The SMILES string of the molecule is NNC(Cc1cncc(Br)c1)c1cncnc1. The Morgan fingerprint density at radius 3 is 2.59 bits per heavy atom. The number of hydrogen-bond donors (Lipinski definition) is 2. The number of halogens is 1. The summed E-state index contributed by atoms with van der Waals surface area (Å²) in [5, 5.41) is 0. The number of rotatable bonds is 4. The molecule has 0 saturated carbocycles. The summed E-state index contributed by atoms with van der Waals surface area (Å²) in [6.07, 6.45) is 9.30. The third kappa shape index (κ3) is 3.29. The van der Waals surface area contributed by atoms with Gasteiger partial charge in [0.1, 0.15) is 6.33 Å². The quantitative estimate of drug-likeness (QED) is 0.658. The van der Waals surface area contributed by atoms with Crippen molar-refractivity contribution in [1.29, 1.82) is 0 Å².